The van der Waals surface area contributed by atoms with E-state index >= 15 is 0 Å². The Balaban J connectivity index is 1.78. The zero-order chi connectivity index (χ0) is 23.6. The van der Waals surface area contributed by atoms with Crippen molar-refractivity contribution in [1.29, 1.82) is 0 Å². The van der Waals surface area contributed by atoms with Gasteiger partial charge in [-0.05, 0) is 43.5 Å². The fraction of sp³-hybridized carbons (Fsp3) is 0.364. The summed E-state index contributed by atoms with van der Waals surface area (Å²) in [5.74, 6) is -0.894. The molecule has 1 aliphatic heterocycles. The molecule has 170 valence electrons. The van der Waals surface area contributed by atoms with Crippen LogP contribution >= 0.6 is 0 Å². The number of nitrogens with zero attached hydrogens (tertiary/aromatic N) is 3. The maximum absolute atomic E-state index is 13.3. The van der Waals surface area contributed by atoms with Crippen LogP contribution in [0, 0.1) is 17.0 Å². The summed E-state index contributed by atoms with van der Waals surface area (Å²) in [5, 5.41) is 11.0. The quantitative estimate of drug-likeness (QED) is 0.506. The lowest BCUT2D eigenvalue weighted by atomic mass is 10.1. The molecule has 1 atom stereocenters. The van der Waals surface area contributed by atoms with Crippen LogP contribution in [0.2, 0.25) is 0 Å². The van der Waals surface area contributed by atoms with Gasteiger partial charge in [0.05, 0.1) is 10.5 Å². The van der Waals surface area contributed by atoms with Crippen molar-refractivity contribution in [3.05, 3.63) is 74.8 Å². The first-order chi connectivity index (χ1) is 15.0. The first-order valence-electron chi connectivity index (χ1n) is 9.96. The van der Waals surface area contributed by atoms with Gasteiger partial charge < -0.3 is 9.80 Å². The summed E-state index contributed by atoms with van der Waals surface area (Å²) >= 11 is 0. The lowest BCUT2D eigenvalue weighted by Gasteiger charge is -2.29. The predicted molar refractivity (Wildman–Crippen MR) is 110 cm³/mol. The van der Waals surface area contributed by atoms with Gasteiger partial charge in [-0.1, -0.05) is 18.2 Å². The molecular formula is C22H22F3N3O4. The summed E-state index contributed by atoms with van der Waals surface area (Å²) in [5.41, 5.74) is -0.404. The number of carbonyl (C=O) groups excluding carboxylic acids is 2. The molecule has 2 aromatic rings. The normalized spacial score (nSPS) is 16.2. The number of benzene rings is 2. The van der Waals surface area contributed by atoms with Gasteiger partial charge in [-0.3, -0.25) is 19.7 Å². The molecule has 0 N–H and O–H groups in total. The largest absolute Gasteiger partial charge is 0.416 e. The summed E-state index contributed by atoms with van der Waals surface area (Å²) in [6.45, 7) is 1.59. The molecular weight excluding hydrogens is 427 g/mol. The van der Waals surface area contributed by atoms with E-state index in [9.17, 15) is 32.9 Å². The molecule has 1 fully saturated rings. The Morgan fingerprint density at radius 2 is 1.91 bits per heavy atom. The zero-order valence-corrected chi connectivity index (χ0v) is 17.6. The average Bonchev–Trinajstić information content (AvgIpc) is 3.21. The van der Waals surface area contributed by atoms with Crippen LogP contribution in [0.3, 0.4) is 0 Å². The molecule has 32 heavy (non-hydrogen) atoms. The lowest BCUT2D eigenvalue weighted by Crippen LogP contribution is -2.46. The van der Waals surface area contributed by atoms with Crippen molar-refractivity contribution in [2.75, 3.05) is 13.6 Å². The number of alkyl halides is 3. The van der Waals surface area contributed by atoms with E-state index in [0.29, 0.717) is 24.9 Å². The average molecular weight is 449 g/mol. The van der Waals surface area contributed by atoms with Crippen LogP contribution in [0.25, 0.3) is 0 Å². The first kappa shape index (κ1) is 23.2. The van der Waals surface area contributed by atoms with Crippen molar-refractivity contribution in [2.24, 2.45) is 0 Å². The Kier molecular flexibility index (Phi) is 6.52. The van der Waals surface area contributed by atoms with E-state index in [1.807, 2.05) is 0 Å². The van der Waals surface area contributed by atoms with E-state index in [0.717, 1.165) is 6.07 Å². The number of nitro benzene ring substituents is 1. The zero-order valence-electron chi connectivity index (χ0n) is 17.6. The summed E-state index contributed by atoms with van der Waals surface area (Å²) in [6.07, 6.45) is -3.58. The number of carbonyl (C=O) groups is 2. The van der Waals surface area contributed by atoms with Gasteiger partial charge in [0.2, 0.25) is 5.91 Å². The second-order valence-electron chi connectivity index (χ2n) is 7.76. The third-order valence-corrected chi connectivity index (χ3v) is 5.55. The minimum atomic E-state index is -4.54. The summed E-state index contributed by atoms with van der Waals surface area (Å²) in [6, 6.07) is 8.25. The minimum absolute atomic E-state index is 0.0299. The fourth-order valence-corrected chi connectivity index (χ4v) is 3.95. The van der Waals surface area contributed by atoms with Crippen LogP contribution in [-0.4, -0.2) is 46.2 Å². The number of amides is 2. The van der Waals surface area contributed by atoms with Crippen molar-refractivity contribution in [3.63, 3.8) is 0 Å². The van der Waals surface area contributed by atoms with Crippen LogP contribution < -0.4 is 0 Å². The molecule has 2 amide bonds. The summed E-state index contributed by atoms with van der Waals surface area (Å²) in [7, 11) is 1.41. The number of halogens is 3. The molecule has 0 spiro atoms. The number of aryl methyl sites for hydroxylation is 1. The summed E-state index contributed by atoms with van der Waals surface area (Å²) < 4.78 is 39.8. The highest BCUT2D eigenvalue weighted by atomic mass is 19.4. The van der Waals surface area contributed by atoms with E-state index in [2.05, 4.69) is 0 Å². The van der Waals surface area contributed by atoms with Gasteiger partial charge in [-0.2, -0.15) is 13.2 Å². The van der Waals surface area contributed by atoms with Crippen LogP contribution in [0.5, 0.6) is 0 Å². The number of rotatable bonds is 5. The Morgan fingerprint density at radius 3 is 2.53 bits per heavy atom. The maximum atomic E-state index is 13.3. The number of hydrogen-bond acceptors (Lipinski definition) is 4. The highest BCUT2D eigenvalue weighted by Gasteiger charge is 2.38. The van der Waals surface area contributed by atoms with Crippen molar-refractivity contribution >= 4 is 17.5 Å². The van der Waals surface area contributed by atoms with Gasteiger partial charge in [-0.15, -0.1) is 0 Å². The van der Waals surface area contributed by atoms with E-state index in [1.54, 1.807) is 0 Å². The van der Waals surface area contributed by atoms with Gasteiger partial charge in [0.25, 0.3) is 11.6 Å². The highest BCUT2D eigenvalue weighted by Crippen LogP contribution is 2.32. The van der Waals surface area contributed by atoms with Gasteiger partial charge in [0.15, 0.2) is 0 Å². The van der Waals surface area contributed by atoms with Crippen LogP contribution in [0.4, 0.5) is 18.9 Å². The monoisotopic (exact) mass is 449 g/mol. The van der Waals surface area contributed by atoms with E-state index in [4.69, 9.17) is 0 Å². The number of likely N-dealkylation sites (N-methyl/N-ethyl adjacent to an activating group) is 1. The van der Waals surface area contributed by atoms with Gasteiger partial charge in [0, 0.05) is 37.3 Å². The molecule has 1 heterocycles. The lowest BCUT2D eigenvalue weighted by molar-refractivity contribution is -0.385. The molecule has 0 bridgehead atoms. The molecule has 3 rings (SSSR count). The Labute approximate surface area is 182 Å². The molecule has 2 aromatic carbocycles. The molecule has 1 unspecified atom stereocenters. The molecule has 10 heteroatoms. The molecule has 0 radical (unpaired) electrons. The molecule has 1 saturated heterocycles. The van der Waals surface area contributed by atoms with Crippen LogP contribution in [0.15, 0.2) is 42.5 Å². The highest BCUT2D eigenvalue weighted by molar-refractivity contribution is 5.98. The predicted octanol–water partition coefficient (Wildman–Crippen LogP) is 4.19. The second kappa shape index (κ2) is 8.97. The molecule has 1 aliphatic rings. The second-order valence-corrected chi connectivity index (χ2v) is 7.76. The Morgan fingerprint density at radius 1 is 1.22 bits per heavy atom. The van der Waals surface area contributed by atoms with Gasteiger partial charge >= 0.3 is 6.18 Å². The first-order valence-corrected chi connectivity index (χ1v) is 9.96. The molecule has 0 saturated carbocycles. The van der Waals surface area contributed by atoms with Gasteiger partial charge in [-0.25, -0.2) is 0 Å². The molecule has 7 nitrogen and oxygen atoms in total. The summed E-state index contributed by atoms with van der Waals surface area (Å²) in [4.78, 5) is 39.1. The maximum Gasteiger partial charge on any atom is 0.416 e. The Hall–Kier alpha value is -3.43. The van der Waals surface area contributed by atoms with Crippen molar-refractivity contribution in [2.45, 2.75) is 38.5 Å². The molecule has 0 aliphatic carbocycles. The molecule has 0 aromatic heterocycles. The van der Waals surface area contributed by atoms with Crippen molar-refractivity contribution in [1.82, 2.24) is 9.80 Å². The van der Waals surface area contributed by atoms with Crippen molar-refractivity contribution in [3.8, 4) is 0 Å². The number of hydrogen-bond donors (Lipinski definition) is 0. The topological polar surface area (TPSA) is 83.8 Å². The van der Waals surface area contributed by atoms with Crippen molar-refractivity contribution < 1.29 is 27.7 Å². The standard InChI is InChI=1S/C22H22F3N3O4/c1-14-12-15(9-10-18(14)28(31)32)20(29)27-11-5-8-19(27)21(30)26(2)13-16-6-3-4-7-17(16)22(23,24)25/h3-4,6-7,9-10,12,19H,5,8,11,13H2,1-2H3. The van der Waals surface area contributed by atoms with Crippen LogP contribution in [0.1, 0.15) is 39.9 Å². The SMILES string of the molecule is Cc1cc(C(=O)N2CCCC2C(=O)N(C)Cc2ccccc2C(F)(F)F)ccc1[N+](=O)[O-]. The Bertz CT molecular complexity index is 1050. The van der Waals surface area contributed by atoms with E-state index in [1.165, 1.54) is 60.2 Å². The number of nitro groups is 1. The van der Waals surface area contributed by atoms with Gasteiger partial charge in [0.1, 0.15) is 6.04 Å². The third kappa shape index (κ3) is 4.74. The van der Waals surface area contributed by atoms with Crippen LogP contribution in [-0.2, 0) is 17.5 Å². The smallest absolute Gasteiger partial charge is 0.340 e. The van der Waals surface area contributed by atoms with E-state index < -0.39 is 34.5 Å². The number of likely N-dealkylation sites (tertiary alicyclic amines) is 1. The minimum Gasteiger partial charge on any atom is -0.340 e. The fourth-order valence-electron chi connectivity index (χ4n) is 3.95. The van der Waals surface area contributed by atoms with E-state index in [-0.39, 0.29) is 23.4 Å². The third-order valence-electron chi connectivity index (χ3n) is 5.55.